The Hall–Kier alpha value is -3.27. The molecule has 0 fully saturated rings. The second-order valence-corrected chi connectivity index (χ2v) is 7.85. The minimum absolute atomic E-state index is 0.0920. The third-order valence-corrected chi connectivity index (χ3v) is 5.60. The van der Waals surface area contributed by atoms with E-state index in [1.165, 1.54) is 19.1 Å². The number of aromatic nitrogens is 1. The van der Waals surface area contributed by atoms with E-state index in [-0.39, 0.29) is 44.6 Å². The summed E-state index contributed by atoms with van der Waals surface area (Å²) in [5, 5.41) is 20.7. The fourth-order valence-corrected chi connectivity index (χ4v) is 4.03. The van der Waals surface area contributed by atoms with Crippen molar-refractivity contribution in [3.05, 3.63) is 90.7 Å². The van der Waals surface area contributed by atoms with E-state index in [1.807, 2.05) is 36.4 Å². The quantitative estimate of drug-likeness (QED) is 0.495. The molecule has 3 rings (SSSR count). The van der Waals surface area contributed by atoms with Crippen molar-refractivity contribution in [2.45, 2.75) is 26.8 Å². The standard InChI is InChI=1S/C24H20Cl2N2O4/c1-3-32-22-18(25)11-16(12-19(22)26)21(29)20-14(2)17(13-27)23(30)28(24(20)31)10-9-15-7-5-4-6-8-15/h4-8,11-12,31H,3,9-10H2,1-2H3. The molecule has 1 aromatic heterocycles. The molecule has 0 radical (unpaired) electrons. The van der Waals surface area contributed by atoms with Crippen LogP contribution in [0.2, 0.25) is 10.0 Å². The molecule has 6 nitrogen and oxygen atoms in total. The van der Waals surface area contributed by atoms with Crippen LogP contribution in [0.1, 0.15) is 39.5 Å². The van der Waals surface area contributed by atoms with Gasteiger partial charge in [-0.15, -0.1) is 0 Å². The summed E-state index contributed by atoms with van der Waals surface area (Å²) in [5.74, 6) is -0.871. The smallest absolute Gasteiger partial charge is 0.271 e. The lowest BCUT2D eigenvalue weighted by molar-refractivity contribution is 0.103. The van der Waals surface area contributed by atoms with E-state index in [4.69, 9.17) is 27.9 Å². The number of aromatic hydroxyl groups is 1. The van der Waals surface area contributed by atoms with Crippen LogP contribution >= 0.6 is 23.2 Å². The van der Waals surface area contributed by atoms with Crippen molar-refractivity contribution >= 4 is 29.0 Å². The molecule has 1 heterocycles. The number of halogens is 2. The number of carbonyl (C=O) groups is 1. The molecule has 0 spiro atoms. The summed E-state index contributed by atoms with van der Waals surface area (Å²) in [5.41, 5.74) is 0.123. The van der Waals surface area contributed by atoms with Crippen molar-refractivity contribution in [1.82, 2.24) is 4.57 Å². The molecule has 32 heavy (non-hydrogen) atoms. The number of ketones is 1. The van der Waals surface area contributed by atoms with Crippen LogP contribution in [-0.2, 0) is 13.0 Å². The summed E-state index contributed by atoms with van der Waals surface area (Å²) in [7, 11) is 0. The van der Waals surface area contributed by atoms with Gasteiger partial charge in [-0.25, -0.2) is 0 Å². The predicted molar refractivity (Wildman–Crippen MR) is 123 cm³/mol. The zero-order chi connectivity index (χ0) is 23.4. The molecular weight excluding hydrogens is 451 g/mol. The molecule has 8 heteroatoms. The Bertz CT molecular complexity index is 1250. The maximum atomic E-state index is 13.3. The highest BCUT2D eigenvalue weighted by molar-refractivity contribution is 6.38. The topological polar surface area (TPSA) is 92.3 Å². The Morgan fingerprint density at radius 1 is 1.19 bits per heavy atom. The molecular formula is C24H20Cl2N2O4. The number of rotatable bonds is 7. The lowest BCUT2D eigenvalue weighted by Crippen LogP contribution is -2.27. The van der Waals surface area contributed by atoms with Gasteiger partial charge in [-0.3, -0.25) is 14.2 Å². The maximum absolute atomic E-state index is 13.3. The van der Waals surface area contributed by atoms with E-state index in [0.29, 0.717) is 13.0 Å². The van der Waals surface area contributed by atoms with E-state index >= 15 is 0 Å². The third kappa shape index (κ3) is 4.50. The maximum Gasteiger partial charge on any atom is 0.271 e. The minimum Gasteiger partial charge on any atom is -0.494 e. The number of hydrogen-bond acceptors (Lipinski definition) is 5. The van der Waals surface area contributed by atoms with Gasteiger partial charge in [0.05, 0.1) is 22.2 Å². The molecule has 0 saturated heterocycles. The van der Waals surface area contributed by atoms with Crippen LogP contribution in [0.3, 0.4) is 0 Å². The minimum atomic E-state index is -0.655. The SMILES string of the molecule is CCOc1c(Cl)cc(C(=O)c2c(C)c(C#N)c(=O)n(CCc3ccccc3)c2O)cc1Cl. The average molecular weight is 471 g/mol. The number of aryl methyl sites for hydroxylation is 1. The molecule has 164 valence electrons. The average Bonchev–Trinajstić information content (AvgIpc) is 2.77. The van der Waals surface area contributed by atoms with Crippen molar-refractivity contribution < 1.29 is 14.6 Å². The van der Waals surface area contributed by atoms with Gasteiger partial charge < -0.3 is 9.84 Å². The molecule has 0 aliphatic rings. The molecule has 0 amide bonds. The molecule has 0 aliphatic heterocycles. The van der Waals surface area contributed by atoms with Crippen molar-refractivity contribution in [2.75, 3.05) is 6.61 Å². The van der Waals surface area contributed by atoms with Crippen molar-refractivity contribution in [3.63, 3.8) is 0 Å². The van der Waals surface area contributed by atoms with Crippen LogP contribution in [0.25, 0.3) is 0 Å². The second-order valence-electron chi connectivity index (χ2n) is 7.03. The number of nitrogens with zero attached hydrogens (tertiary/aromatic N) is 2. The van der Waals surface area contributed by atoms with Gasteiger partial charge in [-0.1, -0.05) is 53.5 Å². The van der Waals surface area contributed by atoms with Crippen LogP contribution in [0.5, 0.6) is 11.6 Å². The Morgan fingerprint density at radius 3 is 2.38 bits per heavy atom. The summed E-state index contributed by atoms with van der Waals surface area (Å²) >= 11 is 12.5. The molecule has 0 saturated carbocycles. The Morgan fingerprint density at radius 2 is 1.81 bits per heavy atom. The molecule has 0 bridgehead atoms. The Labute approximate surface area is 195 Å². The van der Waals surface area contributed by atoms with E-state index in [0.717, 1.165) is 10.1 Å². The highest BCUT2D eigenvalue weighted by atomic mass is 35.5. The fraction of sp³-hybridized carbons (Fsp3) is 0.208. The Kier molecular flexibility index (Phi) is 7.24. The van der Waals surface area contributed by atoms with Crippen molar-refractivity contribution in [3.8, 4) is 17.7 Å². The first kappa shape index (κ1) is 23.4. The fourth-order valence-electron chi connectivity index (χ4n) is 3.43. The summed E-state index contributed by atoms with van der Waals surface area (Å²) < 4.78 is 6.43. The van der Waals surface area contributed by atoms with Crippen LogP contribution in [0.4, 0.5) is 0 Å². The van der Waals surface area contributed by atoms with Crippen LogP contribution in [-0.4, -0.2) is 22.1 Å². The van der Waals surface area contributed by atoms with Crippen molar-refractivity contribution in [2.24, 2.45) is 0 Å². The van der Waals surface area contributed by atoms with E-state index in [2.05, 4.69) is 0 Å². The predicted octanol–water partition coefficient (Wildman–Crippen LogP) is 4.91. The monoisotopic (exact) mass is 470 g/mol. The van der Waals surface area contributed by atoms with Crippen molar-refractivity contribution in [1.29, 1.82) is 5.26 Å². The van der Waals surface area contributed by atoms with Gasteiger partial charge in [0.2, 0.25) is 5.88 Å². The van der Waals surface area contributed by atoms with Gasteiger partial charge in [0.25, 0.3) is 5.56 Å². The van der Waals surface area contributed by atoms with Gasteiger partial charge in [0.15, 0.2) is 11.5 Å². The van der Waals surface area contributed by atoms with Gasteiger partial charge in [0.1, 0.15) is 11.6 Å². The third-order valence-electron chi connectivity index (χ3n) is 5.04. The molecule has 0 aliphatic carbocycles. The van der Waals surface area contributed by atoms with Gasteiger partial charge in [-0.2, -0.15) is 5.26 Å². The number of carbonyl (C=O) groups excluding carboxylic acids is 1. The van der Waals surface area contributed by atoms with Crippen LogP contribution in [0, 0.1) is 18.3 Å². The van der Waals surface area contributed by atoms with Gasteiger partial charge in [-0.05, 0) is 43.5 Å². The molecule has 2 aromatic carbocycles. The first-order valence-electron chi connectivity index (χ1n) is 9.87. The normalized spacial score (nSPS) is 10.6. The lowest BCUT2D eigenvalue weighted by atomic mass is 9.97. The zero-order valence-corrected chi connectivity index (χ0v) is 19.0. The van der Waals surface area contributed by atoms with Crippen LogP contribution in [0.15, 0.2) is 47.3 Å². The van der Waals surface area contributed by atoms with E-state index in [1.54, 1.807) is 6.92 Å². The van der Waals surface area contributed by atoms with E-state index in [9.17, 15) is 20.0 Å². The molecule has 0 atom stereocenters. The molecule has 0 unspecified atom stereocenters. The Balaban J connectivity index is 2.11. The summed E-state index contributed by atoms with van der Waals surface area (Å²) in [6, 6.07) is 14.0. The largest absolute Gasteiger partial charge is 0.494 e. The molecule has 3 aromatic rings. The number of benzene rings is 2. The lowest BCUT2D eigenvalue weighted by Gasteiger charge is -2.16. The summed E-state index contributed by atoms with van der Waals surface area (Å²) in [4.78, 5) is 26.1. The first-order chi connectivity index (χ1) is 15.3. The van der Waals surface area contributed by atoms with Crippen LogP contribution < -0.4 is 10.3 Å². The summed E-state index contributed by atoms with van der Waals surface area (Å²) in [6.45, 7) is 3.65. The first-order valence-corrected chi connectivity index (χ1v) is 10.6. The molecule has 1 N–H and O–H groups in total. The number of nitriles is 1. The number of pyridine rings is 1. The second kappa shape index (κ2) is 9.90. The van der Waals surface area contributed by atoms with Gasteiger partial charge >= 0.3 is 0 Å². The number of hydrogen-bond donors (Lipinski definition) is 1. The summed E-state index contributed by atoms with van der Waals surface area (Å²) in [6.07, 6.45) is 0.427. The van der Waals surface area contributed by atoms with Gasteiger partial charge in [0, 0.05) is 12.1 Å². The zero-order valence-electron chi connectivity index (χ0n) is 17.5. The highest BCUT2D eigenvalue weighted by Crippen LogP contribution is 2.36. The number of ether oxygens (including phenoxy) is 1. The highest BCUT2D eigenvalue weighted by Gasteiger charge is 2.26. The van der Waals surface area contributed by atoms with E-state index < -0.39 is 17.2 Å².